The van der Waals surface area contributed by atoms with Crippen molar-refractivity contribution in [2.75, 3.05) is 5.32 Å². The lowest BCUT2D eigenvalue weighted by Crippen LogP contribution is -2.07. The van der Waals surface area contributed by atoms with Gasteiger partial charge in [0.05, 0.1) is 12.2 Å². The molecule has 1 heterocycles. The quantitative estimate of drug-likeness (QED) is 0.905. The summed E-state index contributed by atoms with van der Waals surface area (Å²) >= 11 is 0. The van der Waals surface area contributed by atoms with E-state index in [4.69, 9.17) is 5.11 Å². The predicted molar refractivity (Wildman–Crippen MR) is 68.9 cm³/mol. The van der Waals surface area contributed by atoms with E-state index < -0.39 is 11.7 Å². The number of nitrogens with one attached hydrogen (secondary N) is 1. The number of nitrogens with zero attached hydrogens (tertiary/aromatic N) is 1. The maximum Gasteiger partial charge on any atom is 0.417 e. The fourth-order valence-electron chi connectivity index (χ4n) is 1.62. The molecule has 0 bridgehead atoms. The van der Waals surface area contributed by atoms with E-state index in [0.29, 0.717) is 12.4 Å². The lowest BCUT2D eigenvalue weighted by molar-refractivity contribution is -0.137. The smallest absolute Gasteiger partial charge is 0.392 e. The molecule has 106 valence electrons. The SMILES string of the molecule is OCc1ccc(CNc2ccc(C(F)(F)F)cn2)cc1. The number of pyridine rings is 1. The van der Waals surface area contributed by atoms with Crippen molar-refractivity contribution < 1.29 is 18.3 Å². The number of halogens is 3. The minimum atomic E-state index is -4.37. The third-order valence-electron chi connectivity index (χ3n) is 2.77. The van der Waals surface area contributed by atoms with E-state index in [9.17, 15) is 13.2 Å². The number of aromatic nitrogens is 1. The molecule has 20 heavy (non-hydrogen) atoms. The fraction of sp³-hybridized carbons (Fsp3) is 0.214. The zero-order valence-electron chi connectivity index (χ0n) is 10.5. The average Bonchev–Trinajstić information content (AvgIpc) is 2.45. The first-order valence-corrected chi connectivity index (χ1v) is 5.95. The van der Waals surface area contributed by atoms with Crippen molar-refractivity contribution in [3.63, 3.8) is 0 Å². The van der Waals surface area contributed by atoms with Gasteiger partial charge in [0.15, 0.2) is 0 Å². The van der Waals surface area contributed by atoms with Crippen LogP contribution in [0.5, 0.6) is 0 Å². The van der Waals surface area contributed by atoms with Crippen molar-refractivity contribution in [2.24, 2.45) is 0 Å². The Balaban J connectivity index is 1.96. The number of hydrogen-bond acceptors (Lipinski definition) is 3. The van der Waals surface area contributed by atoms with Crippen LogP contribution in [0.15, 0.2) is 42.6 Å². The first-order valence-electron chi connectivity index (χ1n) is 5.95. The van der Waals surface area contributed by atoms with E-state index >= 15 is 0 Å². The summed E-state index contributed by atoms with van der Waals surface area (Å²) in [5.41, 5.74) is 0.987. The van der Waals surface area contributed by atoms with Crippen LogP contribution in [-0.2, 0) is 19.3 Å². The number of aliphatic hydroxyl groups is 1. The summed E-state index contributed by atoms with van der Waals surface area (Å²) in [7, 11) is 0. The van der Waals surface area contributed by atoms with Gasteiger partial charge < -0.3 is 10.4 Å². The lowest BCUT2D eigenvalue weighted by Gasteiger charge is -2.09. The van der Waals surface area contributed by atoms with Gasteiger partial charge in [0, 0.05) is 12.7 Å². The molecule has 3 nitrogen and oxygen atoms in total. The van der Waals surface area contributed by atoms with Crippen molar-refractivity contribution in [3.05, 3.63) is 59.3 Å². The van der Waals surface area contributed by atoms with Crippen LogP contribution in [0.2, 0.25) is 0 Å². The monoisotopic (exact) mass is 282 g/mol. The van der Waals surface area contributed by atoms with Crippen LogP contribution in [0.4, 0.5) is 19.0 Å². The summed E-state index contributed by atoms with van der Waals surface area (Å²) in [5, 5.41) is 11.8. The van der Waals surface area contributed by atoms with Crippen molar-refractivity contribution in [2.45, 2.75) is 19.3 Å². The highest BCUT2D eigenvalue weighted by Crippen LogP contribution is 2.28. The summed E-state index contributed by atoms with van der Waals surface area (Å²) < 4.78 is 37.1. The van der Waals surface area contributed by atoms with E-state index in [2.05, 4.69) is 10.3 Å². The lowest BCUT2D eigenvalue weighted by atomic mass is 10.1. The number of rotatable bonds is 4. The Morgan fingerprint density at radius 3 is 2.15 bits per heavy atom. The molecule has 6 heteroatoms. The van der Waals surface area contributed by atoms with Crippen molar-refractivity contribution in [1.29, 1.82) is 0 Å². The van der Waals surface area contributed by atoms with Gasteiger partial charge in [0.25, 0.3) is 0 Å². The maximum absolute atomic E-state index is 12.4. The Bertz CT molecular complexity index is 550. The van der Waals surface area contributed by atoms with Gasteiger partial charge in [-0.15, -0.1) is 0 Å². The molecule has 0 saturated heterocycles. The highest BCUT2D eigenvalue weighted by Gasteiger charge is 2.30. The summed E-state index contributed by atoms with van der Waals surface area (Å²) in [6.45, 7) is 0.429. The van der Waals surface area contributed by atoms with E-state index in [0.717, 1.165) is 23.4 Å². The third kappa shape index (κ3) is 3.71. The van der Waals surface area contributed by atoms with Crippen LogP contribution in [0.25, 0.3) is 0 Å². The van der Waals surface area contributed by atoms with Gasteiger partial charge in [-0.1, -0.05) is 24.3 Å². The van der Waals surface area contributed by atoms with E-state index in [1.54, 1.807) is 12.1 Å². The average molecular weight is 282 g/mol. The topological polar surface area (TPSA) is 45.1 Å². The van der Waals surface area contributed by atoms with Gasteiger partial charge >= 0.3 is 6.18 Å². The molecule has 1 aromatic heterocycles. The molecule has 0 aliphatic heterocycles. The first kappa shape index (κ1) is 14.3. The van der Waals surface area contributed by atoms with Crippen LogP contribution in [0.1, 0.15) is 16.7 Å². The highest BCUT2D eigenvalue weighted by atomic mass is 19.4. The van der Waals surface area contributed by atoms with Crippen LogP contribution < -0.4 is 5.32 Å². The fourth-order valence-corrected chi connectivity index (χ4v) is 1.62. The molecule has 0 radical (unpaired) electrons. The van der Waals surface area contributed by atoms with Crippen LogP contribution >= 0.6 is 0 Å². The van der Waals surface area contributed by atoms with Gasteiger partial charge in [0.2, 0.25) is 0 Å². The van der Waals surface area contributed by atoms with Gasteiger partial charge in [0.1, 0.15) is 5.82 Å². The molecule has 0 fully saturated rings. The molecule has 0 saturated carbocycles. The molecule has 0 atom stereocenters. The molecule has 0 aliphatic rings. The highest BCUT2D eigenvalue weighted by molar-refractivity contribution is 5.37. The number of benzene rings is 1. The molecule has 0 unspecified atom stereocenters. The predicted octanol–water partition coefficient (Wildman–Crippen LogP) is 3.20. The van der Waals surface area contributed by atoms with Crippen LogP contribution in [0, 0.1) is 0 Å². The maximum atomic E-state index is 12.4. The second-order valence-corrected chi connectivity index (χ2v) is 4.26. The van der Waals surface area contributed by atoms with E-state index in [1.807, 2.05) is 12.1 Å². The molecule has 2 rings (SSSR count). The molecule has 2 N–H and O–H groups in total. The minimum Gasteiger partial charge on any atom is -0.392 e. The number of anilines is 1. The van der Waals surface area contributed by atoms with Crippen molar-refractivity contribution in [1.82, 2.24) is 4.98 Å². The Kier molecular flexibility index (Phi) is 4.24. The van der Waals surface area contributed by atoms with Crippen LogP contribution in [-0.4, -0.2) is 10.1 Å². The normalized spacial score (nSPS) is 11.4. The largest absolute Gasteiger partial charge is 0.417 e. The zero-order valence-corrected chi connectivity index (χ0v) is 10.5. The Morgan fingerprint density at radius 2 is 1.65 bits per heavy atom. The van der Waals surface area contributed by atoms with Gasteiger partial charge in [-0.25, -0.2) is 4.98 Å². The van der Waals surface area contributed by atoms with E-state index in [-0.39, 0.29) is 6.61 Å². The molecule has 0 amide bonds. The molecule has 2 aromatic rings. The summed E-state index contributed by atoms with van der Waals surface area (Å²) in [4.78, 5) is 3.72. The minimum absolute atomic E-state index is 0.0197. The molecular weight excluding hydrogens is 269 g/mol. The standard InChI is InChI=1S/C14H13F3N2O/c15-14(16,17)12-5-6-13(19-8-12)18-7-10-1-3-11(9-20)4-2-10/h1-6,8,20H,7,9H2,(H,18,19). The molecule has 1 aromatic carbocycles. The number of hydrogen-bond donors (Lipinski definition) is 2. The third-order valence-corrected chi connectivity index (χ3v) is 2.77. The summed E-state index contributed by atoms with van der Waals surface area (Å²) in [5.74, 6) is 0.379. The van der Waals surface area contributed by atoms with E-state index in [1.165, 1.54) is 6.07 Å². The second-order valence-electron chi connectivity index (χ2n) is 4.26. The second kappa shape index (κ2) is 5.92. The zero-order chi connectivity index (χ0) is 14.6. The van der Waals surface area contributed by atoms with Gasteiger partial charge in [-0.05, 0) is 23.3 Å². The van der Waals surface area contributed by atoms with Crippen molar-refractivity contribution >= 4 is 5.82 Å². The Hall–Kier alpha value is -2.08. The Morgan fingerprint density at radius 1 is 1.00 bits per heavy atom. The molecule has 0 spiro atoms. The summed E-state index contributed by atoms with van der Waals surface area (Å²) in [6.07, 6.45) is -3.57. The Labute approximate surface area is 114 Å². The summed E-state index contributed by atoms with van der Waals surface area (Å²) in [6, 6.07) is 9.54. The van der Waals surface area contributed by atoms with Crippen LogP contribution in [0.3, 0.4) is 0 Å². The van der Waals surface area contributed by atoms with Gasteiger partial charge in [-0.3, -0.25) is 0 Å². The molecule has 0 aliphatic carbocycles. The van der Waals surface area contributed by atoms with Gasteiger partial charge in [-0.2, -0.15) is 13.2 Å². The number of aliphatic hydroxyl groups excluding tert-OH is 1. The number of alkyl halides is 3. The molecular formula is C14H13F3N2O. The van der Waals surface area contributed by atoms with Crippen molar-refractivity contribution in [3.8, 4) is 0 Å². The first-order chi connectivity index (χ1) is 9.49.